The predicted molar refractivity (Wildman–Crippen MR) is 69.7 cm³/mol. The molecule has 2 aromatic rings. The van der Waals surface area contributed by atoms with Crippen molar-refractivity contribution in [1.82, 2.24) is 4.57 Å². The Morgan fingerprint density at radius 2 is 1.90 bits per heavy atom. The minimum absolute atomic E-state index is 0.0457. The minimum atomic E-state index is -4.65. The maximum atomic E-state index is 13.8. The normalized spacial score (nSPS) is 11.9. The van der Waals surface area contributed by atoms with Crippen LogP contribution < -0.4 is 5.56 Å². The molecule has 2 aromatic heterocycles. The second kappa shape index (κ2) is 4.89. The van der Waals surface area contributed by atoms with Crippen molar-refractivity contribution in [2.75, 3.05) is 0 Å². The molecule has 0 atom stereocenters. The summed E-state index contributed by atoms with van der Waals surface area (Å²) >= 11 is 6.65. The number of rotatable bonds is 1. The van der Waals surface area contributed by atoms with Crippen LogP contribution in [0.25, 0.3) is 11.1 Å². The first-order valence-corrected chi connectivity index (χ1v) is 6.56. The van der Waals surface area contributed by atoms with Gasteiger partial charge >= 0.3 is 6.18 Å². The molecular formula is C12H8ClF4NOS. The zero-order chi connectivity index (χ0) is 15.2. The van der Waals surface area contributed by atoms with E-state index in [0.717, 1.165) is 30.5 Å². The molecule has 0 N–H and O–H groups in total. The number of hydrogen-bond acceptors (Lipinski definition) is 2. The van der Waals surface area contributed by atoms with E-state index in [9.17, 15) is 22.4 Å². The Morgan fingerprint density at radius 3 is 2.35 bits per heavy atom. The monoisotopic (exact) mass is 325 g/mol. The van der Waals surface area contributed by atoms with E-state index in [1.54, 1.807) is 6.92 Å². The lowest BCUT2D eigenvalue weighted by Crippen LogP contribution is -2.26. The molecule has 0 aliphatic carbocycles. The fourth-order valence-electron chi connectivity index (χ4n) is 1.83. The predicted octanol–water partition coefficient (Wildman–Crippen LogP) is 4.23. The number of nitrogens with zero attached hydrogens (tertiary/aromatic N) is 1. The third-order valence-electron chi connectivity index (χ3n) is 2.83. The standard InChI is InChI=1S/C12H8ClF4NOS/c1-5-9(13)8(10(14)20-5)6-3-4-7(12(15,16)17)18(2)11(6)19/h3-4H,1-2H3. The Balaban J connectivity index is 2.73. The van der Waals surface area contributed by atoms with E-state index in [1.807, 2.05) is 0 Å². The summed E-state index contributed by atoms with van der Waals surface area (Å²) < 4.78 is 52.2. The SMILES string of the molecule is Cc1sc(F)c(-c2ccc(C(F)(F)F)n(C)c2=O)c1Cl. The molecule has 2 nitrogen and oxygen atoms in total. The van der Waals surface area contributed by atoms with Crippen molar-refractivity contribution >= 4 is 22.9 Å². The van der Waals surface area contributed by atoms with Crippen molar-refractivity contribution in [2.45, 2.75) is 13.1 Å². The van der Waals surface area contributed by atoms with Crippen LogP contribution in [0.1, 0.15) is 10.6 Å². The summed E-state index contributed by atoms with van der Waals surface area (Å²) in [6.45, 7) is 1.56. The quantitative estimate of drug-likeness (QED) is 0.719. The summed E-state index contributed by atoms with van der Waals surface area (Å²) in [6, 6.07) is 1.68. The van der Waals surface area contributed by atoms with Gasteiger partial charge in [0.25, 0.3) is 5.56 Å². The van der Waals surface area contributed by atoms with Crippen LogP contribution in [0.3, 0.4) is 0 Å². The van der Waals surface area contributed by atoms with Gasteiger partial charge in [0.05, 0.1) is 16.1 Å². The van der Waals surface area contributed by atoms with E-state index in [4.69, 9.17) is 11.6 Å². The molecule has 8 heteroatoms. The lowest BCUT2D eigenvalue weighted by Gasteiger charge is -2.12. The summed E-state index contributed by atoms with van der Waals surface area (Å²) in [6.07, 6.45) is -4.65. The van der Waals surface area contributed by atoms with Crippen molar-refractivity contribution < 1.29 is 17.6 Å². The second-order valence-corrected chi connectivity index (χ2v) is 5.67. The molecule has 2 rings (SSSR count). The molecule has 0 saturated heterocycles. The van der Waals surface area contributed by atoms with E-state index < -0.39 is 22.6 Å². The Kier molecular flexibility index (Phi) is 3.68. The summed E-state index contributed by atoms with van der Waals surface area (Å²) in [4.78, 5) is 12.5. The summed E-state index contributed by atoms with van der Waals surface area (Å²) in [5, 5.41) is -0.645. The van der Waals surface area contributed by atoms with Crippen LogP contribution in [-0.4, -0.2) is 4.57 Å². The zero-order valence-corrected chi connectivity index (χ0v) is 11.9. The van der Waals surface area contributed by atoms with Gasteiger partial charge in [-0.1, -0.05) is 11.6 Å². The first-order valence-electron chi connectivity index (χ1n) is 5.36. The highest BCUT2D eigenvalue weighted by molar-refractivity contribution is 7.11. The van der Waals surface area contributed by atoms with Crippen LogP contribution in [0, 0.1) is 12.1 Å². The largest absolute Gasteiger partial charge is 0.431 e. The van der Waals surface area contributed by atoms with Gasteiger partial charge in [0.15, 0.2) is 5.13 Å². The van der Waals surface area contributed by atoms with Crippen LogP contribution in [0.15, 0.2) is 16.9 Å². The number of thiophene rings is 1. The number of hydrogen-bond donors (Lipinski definition) is 0. The molecule has 0 unspecified atom stereocenters. The van der Waals surface area contributed by atoms with Crippen LogP contribution in [0.2, 0.25) is 5.02 Å². The van der Waals surface area contributed by atoms with Crippen LogP contribution in [-0.2, 0) is 13.2 Å². The Bertz CT molecular complexity index is 732. The molecular weight excluding hydrogens is 318 g/mol. The Hall–Kier alpha value is -1.34. The van der Waals surface area contributed by atoms with E-state index in [2.05, 4.69) is 0 Å². The molecule has 2 heterocycles. The number of alkyl halides is 3. The van der Waals surface area contributed by atoms with Gasteiger partial charge in [-0.05, 0) is 19.1 Å². The molecule has 0 aliphatic rings. The fraction of sp³-hybridized carbons (Fsp3) is 0.250. The van der Waals surface area contributed by atoms with Gasteiger partial charge in [0.2, 0.25) is 0 Å². The molecule has 0 radical (unpaired) electrons. The average molecular weight is 326 g/mol. The highest BCUT2D eigenvalue weighted by Crippen LogP contribution is 2.38. The lowest BCUT2D eigenvalue weighted by atomic mass is 10.1. The second-order valence-electron chi connectivity index (χ2n) is 4.12. The Morgan fingerprint density at radius 1 is 1.30 bits per heavy atom. The van der Waals surface area contributed by atoms with Gasteiger partial charge in [-0.2, -0.15) is 17.6 Å². The number of pyridine rings is 1. The zero-order valence-electron chi connectivity index (χ0n) is 10.3. The average Bonchev–Trinajstić information content (AvgIpc) is 2.56. The van der Waals surface area contributed by atoms with Crippen molar-refractivity contribution in [2.24, 2.45) is 7.05 Å². The summed E-state index contributed by atoms with van der Waals surface area (Å²) in [5.74, 6) is 0. The van der Waals surface area contributed by atoms with Gasteiger partial charge < -0.3 is 4.57 Å². The summed E-state index contributed by atoms with van der Waals surface area (Å²) in [7, 11) is 0.986. The Labute approximate surface area is 120 Å². The van der Waals surface area contributed by atoms with Crippen molar-refractivity contribution in [1.29, 1.82) is 0 Å². The van der Waals surface area contributed by atoms with E-state index >= 15 is 0 Å². The van der Waals surface area contributed by atoms with E-state index in [-0.39, 0.29) is 16.1 Å². The smallest absolute Gasteiger partial charge is 0.307 e. The third-order valence-corrected chi connectivity index (χ3v) is 4.31. The van der Waals surface area contributed by atoms with Gasteiger partial charge in [-0.25, -0.2) is 0 Å². The fourth-order valence-corrected chi connectivity index (χ4v) is 2.96. The van der Waals surface area contributed by atoms with Gasteiger partial charge in [0, 0.05) is 11.9 Å². The highest BCUT2D eigenvalue weighted by Gasteiger charge is 2.34. The molecule has 0 bridgehead atoms. The minimum Gasteiger partial charge on any atom is -0.307 e. The van der Waals surface area contributed by atoms with Crippen LogP contribution >= 0.6 is 22.9 Å². The molecule has 0 aromatic carbocycles. The van der Waals surface area contributed by atoms with E-state index in [1.165, 1.54) is 0 Å². The van der Waals surface area contributed by atoms with Gasteiger partial charge in [-0.3, -0.25) is 4.79 Å². The van der Waals surface area contributed by atoms with Crippen molar-refractivity contribution in [3.05, 3.63) is 43.2 Å². The van der Waals surface area contributed by atoms with Crippen molar-refractivity contribution in [3.63, 3.8) is 0 Å². The van der Waals surface area contributed by atoms with Crippen LogP contribution in [0.5, 0.6) is 0 Å². The first kappa shape index (κ1) is 15.1. The van der Waals surface area contributed by atoms with E-state index in [0.29, 0.717) is 9.44 Å². The molecule has 20 heavy (non-hydrogen) atoms. The highest BCUT2D eigenvalue weighted by atomic mass is 35.5. The third kappa shape index (κ3) is 2.35. The molecule has 0 saturated carbocycles. The molecule has 0 aliphatic heterocycles. The molecule has 0 spiro atoms. The topological polar surface area (TPSA) is 22.0 Å². The lowest BCUT2D eigenvalue weighted by molar-refractivity contribution is -0.143. The van der Waals surface area contributed by atoms with Crippen LogP contribution in [0.4, 0.5) is 17.6 Å². The number of aromatic nitrogens is 1. The first-order chi connectivity index (χ1) is 9.14. The number of aryl methyl sites for hydroxylation is 1. The van der Waals surface area contributed by atoms with Crippen molar-refractivity contribution in [3.8, 4) is 11.1 Å². The maximum Gasteiger partial charge on any atom is 0.431 e. The molecule has 0 amide bonds. The molecule has 0 fully saturated rings. The molecule has 108 valence electrons. The summed E-state index contributed by atoms with van der Waals surface area (Å²) in [5.41, 5.74) is -2.39. The van der Waals surface area contributed by atoms with Gasteiger partial charge in [0.1, 0.15) is 5.69 Å². The van der Waals surface area contributed by atoms with Gasteiger partial charge in [-0.15, -0.1) is 11.3 Å². The maximum absolute atomic E-state index is 13.8. The number of halogens is 5.